The Hall–Kier alpha value is -2.91. The van der Waals surface area contributed by atoms with Crippen molar-refractivity contribution in [3.05, 3.63) is 58.1 Å². The van der Waals surface area contributed by atoms with Crippen molar-refractivity contribution in [3.8, 4) is 0 Å². The van der Waals surface area contributed by atoms with E-state index >= 15 is 0 Å². The lowest BCUT2D eigenvalue weighted by Crippen LogP contribution is -2.22. The predicted octanol–water partition coefficient (Wildman–Crippen LogP) is 3.37. The summed E-state index contributed by atoms with van der Waals surface area (Å²) in [4.78, 5) is 33.0. The third-order valence-corrected chi connectivity index (χ3v) is 5.91. The van der Waals surface area contributed by atoms with Crippen LogP contribution in [0, 0.1) is 5.82 Å². The number of halogens is 1. The molecule has 0 saturated heterocycles. The van der Waals surface area contributed by atoms with Crippen LogP contribution >= 0.6 is 22.7 Å². The van der Waals surface area contributed by atoms with Gasteiger partial charge in [-0.15, -0.1) is 11.3 Å². The molecule has 1 amide bonds. The van der Waals surface area contributed by atoms with E-state index in [1.807, 2.05) is 24.3 Å². The Kier molecular flexibility index (Phi) is 4.54. The molecule has 4 rings (SSSR count). The molecule has 0 bridgehead atoms. The van der Waals surface area contributed by atoms with Crippen LogP contribution in [0.3, 0.4) is 0 Å². The van der Waals surface area contributed by atoms with Gasteiger partial charge in [0.25, 0.3) is 0 Å². The molecule has 0 aliphatic rings. The molecular weight excluding hydrogens is 389 g/mol. The first kappa shape index (κ1) is 17.5. The van der Waals surface area contributed by atoms with Crippen molar-refractivity contribution in [3.63, 3.8) is 0 Å². The van der Waals surface area contributed by atoms with E-state index in [2.05, 4.69) is 14.7 Å². The van der Waals surface area contributed by atoms with Gasteiger partial charge in [0.05, 0.1) is 27.5 Å². The van der Waals surface area contributed by atoms with Gasteiger partial charge >= 0.3 is 11.9 Å². The summed E-state index contributed by atoms with van der Waals surface area (Å²) in [6.45, 7) is -0.247. The van der Waals surface area contributed by atoms with Crippen LogP contribution in [0.25, 0.3) is 20.4 Å². The normalized spacial score (nSPS) is 12.0. The van der Waals surface area contributed by atoms with Gasteiger partial charge in [-0.25, -0.2) is 9.37 Å². The van der Waals surface area contributed by atoms with Crippen molar-refractivity contribution < 1.29 is 18.7 Å². The summed E-state index contributed by atoms with van der Waals surface area (Å²) in [5.41, 5.74) is 0.926. The Labute approximate surface area is 160 Å². The minimum Gasteiger partial charge on any atom is -0.468 e. The standard InChI is InChI=1S/C18H12FN3O3S2/c1-25-14(23)9-22-15-10(19)5-4-8-13(15)27-18(22)21-16(24)17-20-11-6-2-3-7-12(11)26-17/h2-8H,9H2,1H3. The minimum atomic E-state index is -0.563. The fraction of sp³-hybridized carbons (Fsp3) is 0.111. The maximum Gasteiger partial charge on any atom is 0.325 e. The molecule has 27 heavy (non-hydrogen) atoms. The molecule has 6 nitrogen and oxygen atoms in total. The van der Waals surface area contributed by atoms with Crippen LogP contribution in [0.5, 0.6) is 0 Å². The Morgan fingerprint density at radius 1 is 1.15 bits per heavy atom. The van der Waals surface area contributed by atoms with Crippen molar-refractivity contribution in [1.82, 2.24) is 9.55 Å². The molecule has 0 unspecified atom stereocenters. The monoisotopic (exact) mass is 401 g/mol. The van der Waals surface area contributed by atoms with E-state index in [1.165, 1.54) is 29.1 Å². The van der Waals surface area contributed by atoms with Crippen LogP contribution in [0.2, 0.25) is 0 Å². The molecule has 0 atom stereocenters. The number of rotatable bonds is 3. The second-order valence-electron chi connectivity index (χ2n) is 5.54. The van der Waals surface area contributed by atoms with Gasteiger partial charge in [-0.1, -0.05) is 29.5 Å². The van der Waals surface area contributed by atoms with Gasteiger partial charge < -0.3 is 9.30 Å². The number of ether oxygens (including phenoxy) is 1. The number of aromatic nitrogens is 2. The first-order chi connectivity index (χ1) is 13.1. The van der Waals surface area contributed by atoms with Gasteiger partial charge in [0.1, 0.15) is 12.4 Å². The van der Waals surface area contributed by atoms with Crippen LogP contribution in [0.15, 0.2) is 47.5 Å². The fourth-order valence-electron chi connectivity index (χ4n) is 2.61. The minimum absolute atomic E-state index is 0.212. The summed E-state index contributed by atoms with van der Waals surface area (Å²) in [7, 11) is 1.25. The smallest absolute Gasteiger partial charge is 0.325 e. The predicted molar refractivity (Wildman–Crippen MR) is 101 cm³/mol. The first-order valence-electron chi connectivity index (χ1n) is 7.86. The number of benzene rings is 2. The Morgan fingerprint density at radius 3 is 2.70 bits per heavy atom. The molecule has 0 fully saturated rings. The maximum absolute atomic E-state index is 14.3. The number of thiazole rings is 2. The molecule has 0 aliphatic heterocycles. The zero-order valence-corrected chi connectivity index (χ0v) is 15.6. The summed E-state index contributed by atoms with van der Waals surface area (Å²) in [5.74, 6) is -1.60. The molecule has 0 saturated carbocycles. The summed E-state index contributed by atoms with van der Waals surface area (Å²) >= 11 is 2.36. The molecule has 136 valence electrons. The van der Waals surface area contributed by atoms with E-state index in [9.17, 15) is 14.0 Å². The summed E-state index contributed by atoms with van der Waals surface area (Å²) in [6.07, 6.45) is 0. The number of hydrogen-bond acceptors (Lipinski definition) is 6. The van der Waals surface area contributed by atoms with Crippen molar-refractivity contribution in [2.24, 2.45) is 4.99 Å². The third-order valence-electron chi connectivity index (χ3n) is 3.84. The largest absolute Gasteiger partial charge is 0.468 e. The zero-order chi connectivity index (χ0) is 19.0. The average Bonchev–Trinajstić information content (AvgIpc) is 3.24. The van der Waals surface area contributed by atoms with Gasteiger partial charge in [0.15, 0.2) is 9.81 Å². The number of fused-ring (bicyclic) bond motifs is 2. The summed E-state index contributed by atoms with van der Waals surface area (Å²) in [6, 6.07) is 12.0. The van der Waals surface area contributed by atoms with E-state index in [0.29, 0.717) is 10.2 Å². The van der Waals surface area contributed by atoms with E-state index in [0.717, 1.165) is 16.0 Å². The highest BCUT2D eigenvalue weighted by atomic mass is 32.1. The zero-order valence-electron chi connectivity index (χ0n) is 14.0. The number of nitrogens with zero attached hydrogens (tertiary/aromatic N) is 3. The van der Waals surface area contributed by atoms with Gasteiger partial charge in [-0.05, 0) is 24.3 Å². The van der Waals surface area contributed by atoms with Gasteiger partial charge in [-0.2, -0.15) is 4.99 Å². The first-order valence-corrected chi connectivity index (χ1v) is 9.49. The quantitative estimate of drug-likeness (QED) is 0.494. The van der Waals surface area contributed by atoms with Gasteiger partial charge in [0, 0.05) is 0 Å². The Bertz CT molecular complexity index is 1220. The molecule has 2 heterocycles. The molecule has 0 N–H and O–H groups in total. The lowest BCUT2D eigenvalue weighted by atomic mass is 10.3. The Morgan fingerprint density at radius 2 is 1.93 bits per heavy atom. The number of para-hydroxylation sites is 2. The van der Waals surface area contributed by atoms with E-state index in [1.54, 1.807) is 12.1 Å². The SMILES string of the molecule is COC(=O)Cn1c(=NC(=O)c2nc3ccccc3s2)sc2cccc(F)c21. The highest BCUT2D eigenvalue weighted by Gasteiger charge is 2.16. The maximum atomic E-state index is 14.3. The van der Waals surface area contributed by atoms with Crippen LogP contribution < -0.4 is 4.80 Å². The molecule has 0 aliphatic carbocycles. The van der Waals surface area contributed by atoms with Crippen LogP contribution in [-0.4, -0.2) is 28.5 Å². The van der Waals surface area contributed by atoms with Crippen molar-refractivity contribution in [2.75, 3.05) is 7.11 Å². The second-order valence-corrected chi connectivity index (χ2v) is 7.58. The number of methoxy groups -OCH3 is 1. The molecule has 2 aromatic carbocycles. The second kappa shape index (κ2) is 7.01. The summed E-state index contributed by atoms with van der Waals surface area (Å²) in [5, 5.41) is 0.235. The summed E-state index contributed by atoms with van der Waals surface area (Å²) < 4.78 is 21.8. The average molecular weight is 401 g/mol. The molecule has 0 radical (unpaired) electrons. The van der Waals surface area contributed by atoms with Crippen molar-refractivity contribution in [1.29, 1.82) is 0 Å². The Balaban J connectivity index is 1.86. The fourth-order valence-corrected chi connectivity index (χ4v) is 4.50. The molecular formula is C18H12FN3O3S2. The lowest BCUT2D eigenvalue weighted by Gasteiger charge is -2.04. The third kappa shape index (κ3) is 3.26. The van der Waals surface area contributed by atoms with Crippen molar-refractivity contribution in [2.45, 2.75) is 6.54 Å². The number of amides is 1. The van der Waals surface area contributed by atoms with Gasteiger partial charge in [0.2, 0.25) is 0 Å². The van der Waals surface area contributed by atoms with Gasteiger partial charge in [-0.3, -0.25) is 9.59 Å². The molecule has 0 spiro atoms. The number of esters is 1. The molecule has 2 aromatic heterocycles. The van der Waals surface area contributed by atoms with Crippen molar-refractivity contribution >= 4 is 55.0 Å². The van der Waals surface area contributed by atoms with E-state index < -0.39 is 17.7 Å². The van der Waals surface area contributed by atoms with Crippen LogP contribution in [-0.2, 0) is 16.1 Å². The molecule has 4 aromatic rings. The van der Waals surface area contributed by atoms with E-state index in [4.69, 9.17) is 0 Å². The van der Waals surface area contributed by atoms with Crippen LogP contribution in [0.1, 0.15) is 9.80 Å². The highest BCUT2D eigenvalue weighted by Crippen LogP contribution is 2.23. The number of carbonyl (C=O) groups is 2. The molecule has 9 heteroatoms. The van der Waals surface area contributed by atoms with E-state index in [-0.39, 0.29) is 21.9 Å². The highest BCUT2D eigenvalue weighted by molar-refractivity contribution is 7.20. The van der Waals surface area contributed by atoms with Crippen LogP contribution in [0.4, 0.5) is 4.39 Å². The number of carbonyl (C=O) groups excluding carboxylic acids is 2. The topological polar surface area (TPSA) is 73.6 Å². The lowest BCUT2D eigenvalue weighted by molar-refractivity contribution is -0.141. The number of hydrogen-bond donors (Lipinski definition) is 0.